The predicted molar refractivity (Wildman–Crippen MR) is 72.4 cm³/mol. The summed E-state index contributed by atoms with van der Waals surface area (Å²) >= 11 is 1.72. The topological polar surface area (TPSA) is 42.0 Å². The predicted octanol–water partition coefficient (Wildman–Crippen LogP) is 2.85. The van der Waals surface area contributed by atoms with E-state index in [0.717, 1.165) is 17.1 Å². The number of thiazole rings is 1. The van der Waals surface area contributed by atoms with E-state index < -0.39 is 0 Å². The standard InChI is InChI=1S/C13H22N2OS/c1-9-10(2)17-12(15-9)6-7-14-11(16)8-13(3,4)5/h6-8H2,1-5H3,(H,14,16). The first-order valence-electron chi connectivity index (χ1n) is 5.97. The molecule has 0 aliphatic rings. The van der Waals surface area contributed by atoms with Gasteiger partial charge in [0.1, 0.15) is 0 Å². The van der Waals surface area contributed by atoms with Crippen molar-refractivity contribution < 1.29 is 4.79 Å². The van der Waals surface area contributed by atoms with E-state index in [4.69, 9.17) is 0 Å². The number of amides is 1. The van der Waals surface area contributed by atoms with Crippen LogP contribution in [-0.2, 0) is 11.2 Å². The van der Waals surface area contributed by atoms with E-state index in [2.05, 4.69) is 38.0 Å². The zero-order chi connectivity index (χ0) is 13.1. The Balaban J connectivity index is 2.31. The Morgan fingerprint density at radius 1 is 1.35 bits per heavy atom. The van der Waals surface area contributed by atoms with E-state index in [-0.39, 0.29) is 11.3 Å². The van der Waals surface area contributed by atoms with Gasteiger partial charge in [-0.2, -0.15) is 0 Å². The molecule has 0 aromatic carbocycles. The zero-order valence-corrected chi connectivity index (χ0v) is 12.2. The van der Waals surface area contributed by atoms with Crippen molar-refractivity contribution in [3.8, 4) is 0 Å². The molecular weight excluding hydrogens is 232 g/mol. The number of hydrogen-bond acceptors (Lipinski definition) is 3. The van der Waals surface area contributed by atoms with Crippen LogP contribution >= 0.6 is 11.3 Å². The first-order valence-corrected chi connectivity index (χ1v) is 6.79. The van der Waals surface area contributed by atoms with Crippen molar-refractivity contribution in [3.05, 3.63) is 15.6 Å². The average molecular weight is 254 g/mol. The van der Waals surface area contributed by atoms with Gasteiger partial charge in [-0.3, -0.25) is 4.79 Å². The van der Waals surface area contributed by atoms with Crippen LogP contribution in [0.4, 0.5) is 0 Å². The lowest BCUT2D eigenvalue weighted by molar-refractivity contribution is -0.122. The third-order valence-electron chi connectivity index (χ3n) is 2.42. The molecule has 1 aromatic rings. The minimum atomic E-state index is 0.0540. The molecule has 1 rings (SSSR count). The molecule has 0 aliphatic carbocycles. The van der Waals surface area contributed by atoms with Crippen molar-refractivity contribution in [2.45, 2.75) is 47.5 Å². The molecule has 0 saturated heterocycles. The maximum Gasteiger partial charge on any atom is 0.220 e. The quantitative estimate of drug-likeness (QED) is 0.897. The van der Waals surface area contributed by atoms with Gasteiger partial charge in [-0.05, 0) is 19.3 Å². The summed E-state index contributed by atoms with van der Waals surface area (Å²) in [5, 5.41) is 4.05. The van der Waals surface area contributed by atoms with Gasteiger partial charge in [-0.1, -0.05) is 20.8 Å². The maximum atomic E-state index is 11.6. The number of nitrogens with zero attached hydrogens (tertiary/aromatic N) is 1. The molecule has 17 heavy (non-hydrogen) atoms. The Kier molecular flexibility index (Phi) is 4.69. The molecule has 4 heteroatoms. The molecule has 0 radical (unpaired) electrons. The second kappa shape index (κ2) is 5.63. The lowest BCUT2D eigenvalue weighted by atomic mass is 9.92. The smallest absolute Gasteiger partial charge is 0.220 e. The van der Waals surface area contributed by atoms with E-state index in [9.17, 15) is 4.79 Å². The van der Waals surface area contributed by atoms with Gasteiger partial charge >= 0.3 is 0 Å². The molecule has 0 fully saturated rings. The number of carbonyl (C=O) groups excluding carboxylic acids is 1. The fourth-order valence-electron chi connectivity index (χ4n) is 1.50. The Hall–Kier alpha value is -0.900. The minimum Gasteiger partial charge on any atom is -0.356 e. The molecule has 0 aliphatic heterocycles. The van der Waals surface area contributed by atoms with Gasteiger partial charge in [0, 0.05) is 24.3 Å². The highest BCUT2D eigenvalue weighted by molar-refractivity contribution is 7.11. The first-order chi connectivity index (χ1) is 7.78. The van der Waals surface area contributed by atoms with E-state index in [0.29, 0.717) is 13.0 Å². The van der Waals surface area contributed by atoms with Crippen LogP contribution in [0.1, 0.15) is 42.8 Å². The molecule has 1 N–H and O–H groups in total. The highest BCUT2D eigenvalue weighted by Crippen LogP contribution is 2.18. The van der Waals surface area contributed by atoms with Crippen LogP contribution in [-0.4, -0.2) is 17.4 Å². The van der Waals surface area contributed by atoms with Gasteiger partial charge in [-0.15, -0.1) is 11.3 Å². The summed E-state index contributed by atoms with van der Waals surface area (Å²) < 4.78 is 0. The Bertz CT molecular complexity index is 371. The van der Waals surface area contributed by atoms with Gasteiger partial charge in [-0.25, -0.2) is 4.98 Å². The first kappa shape index (κ1) is 14.2. The lowest BCUT2D eigenvalue weighted by Gasteiger charge is -2.16. The number of aromatic nitrogens is 1. The van der Waals surface area contributed by atoms with Crippen LogP contribution < -0.4 is 5.32 Å². The molecule has 0 bridgehead atoms. The molecule has 0 atom stereocenters. The van der Waals surface area contributed by atoms with Gasteiger partial charge in [0.15, 0.2) is 0 Å². The monoisotopic (exact) mass is 254 g/mol. The molecular formula is C13H22N2OS. The minimum absolute atomic E-state index is 0.0540. The fraction of sp³-hybridized carbons (Fsp3) is 0.692. The Labute approximate surface area is 108 Å². The molecule has 1 aromatic heterocycles. The van der Waals surface area contributed by atoms with E-state index >= 15 is 0 Å². The van der Waals surface area contributed by atoms with Crippen LogP contribution in [0.3, 0.4) is 0 Å². The largest absolute Gasteiger partial charge is 0.356 e. The fourth-order valence-corrected chi connectivity index (χ4v) is 2.43. The summed E-state index contributed by atoms with van der Waals surface area (Å²) in [5.74, 6) is 0.127. The molecule has 3 nitrogen and oxygen atoms in total. The summed E-state index contributed by atoms with van der Waals surface area (Å²) in [6.07, 6.45) is 1.40. The van der Waals surface area contributed by atoms with Crippen molar-refractivity contribution >= 4 is 17.2 Å². The molecule has 1 heterocycles. The third-order valence-corrected chi connectivity index (χ3v) is 3.56. The van der Waals surface area contributed by atoms with Gasteiger partial charge in [0.2, 0.25) is 5.91 Å². The molecule has 0 spiro atoms. The number of nitrogens with one attached hydrogen (secondary N) is 1. The van der Waals surface area contributed by atoms with Crippen LogP contribution in [0.25, 0.3) is 0 Å². The van der Waals surface area contributed by atoms with Crippen molar-refractivity contribution in [2.75, 3.05) is 6.54 Å². The number of carbonyl (C=O) groups is 1. The summed E-state index contributed by atoms with van der Waals surface area (Å²) in [6, 6.07) is 0. The van der Waals surface area contributed by atoms with E-state index in [1.54, 1.807) is 11.3 Å². The van der Waals surface area contributed by atoms with Crippen LogP contribution in [0.15, 0.2) is 0 Å². The van der Waals surface area contributed by atoms with Crippen molar-refractivity contribution in [1.29, 1.82) is 0 Å². The van der Waals surface area contributed by atoms with Crippen LogP contribution in [0.2, 0.25) is 0 Å². The van der Waals surface area contributed by atoms with E-state index in [1.165, 1.54) is 4.88 Å². The maximum absolute atomic E-state index is 11.6. The highest BCUT2D eigenvalue weighted by Gasteiger charge is 2.15. The lowest BCUT2D eigenvalue weighted by Crippen LogP contribution is -2.29. The van der Waals surface area contributed by atoms with Crippen molar-refractivity contribution in [1.82, 2.24) is 10.3 Å². The summed E-state index contributed by atoms with van der Waals surface area (Å²) in [5.41, 5.74) is 1.16. The number of rotatable bonds is 4. The Morgan fingerprint density at radius 2 is 2.00 bits per heavy atom. The zero-order valence-electron chi connectivity index (χ0n) is 11.4. The number of hydrogen-bond donors (Lipinski definition) is 1. The normalized spacial score (nSPS) is 11.6. The van der Waals surface area contributed by atoms with Gasteiger partial charge in [0.25, 0.3) is 0 Å². The molecule has 96 valence electrons. The second-order valence-electron chi connectivity index (χ2n) is 5.59. The van der Waals surface area contributed by atoms with Crippen LogP contribution in [0.5, 0.6) is 0 Å². The molecule has 0 saturated carbocycles. The van der Waals surface area contributed by atoms with Crippen molar-refractivity contribution in [2.24, 2.45) is 5.41 Å². The van der Waals surface area contributed by atoms with E-state index in [1.807, 2.05) is 6.92 Å². The summed E-state index contributed by atoms with van der Waals surface area (Å²) in [7, 11) is 0. The third kappa shape index (κ3) is 5.31. The molecule has 0 unspecified atom stereocenters. The molecule has 1 amide bonds. The summed E-state index contributed by atoms with van der Waals surface area (Å²) in [6.45, 7) is 11.0. The highest BCUT2D eigenvalue weighted by atomic mass is 32.1. The Morgan fingerprint density at radius 3 is 2.47 bits per heavy atom. The van der Waals surface area contributed by atoms with Crippen LogP contribution in [0, 0.1) is 19.3 Å². The summed E-state index contributed by atoms with van der Waals surface area (Å²) in [4.78, 5) is 17.3. The second-order valence-corrected chi connectivity index (χ2v) is 6.87. The SMILES string of the molecule is Cc1nc(CCNC(=O)CC(C)(C)C)sc1C. The average Bonchev–Trinajstić information content (AvgIpc) is 2.43. The number of aryl methyl sites for hydroxylation is 2. The van der Waals surface area contributed by atoms with Gasteiger partial charge < -0.3 is 5.32 Å². The van der Waals surface area contributed by atoms with Gasteiger partial charge in [0.05, 0.1) is 10.7 Å². The van der Waals surface area contributed by atoms with Crippen molar-refractivity contribution in [3.63, 3.8) is 0 Å².